The van der Waals surface area contributed by atoms with E-state index in [0.29, 0.717) is 17.0 Å². The molecule has 0 saturated heterocycles. The van der Waals surface area contributed by atoms with Gasteiger partial charge in [0.15, 0.2) is 0 Å². The van der Waals surface area contributed by atoms with Crippen LogP contribution in [-0.2, 0) is 24.0 Å². The van der Waals surface area contributed by atoms with Gasteiger partial charge in [0.25, 0.3) is 0 Å². The molecule has 4 nitrogen and oxygen atoms in total. The van der Waals surface area contributed by atoms with Crippen LogP contribution in [0.3, 0.4) is 0 Å². The summed E-state index contributed by atoms with van der Waals surface area (Å²) in [7, 11) is 0. The summed E-state index contributed by atoms with van der Waals surface area (Å²) in [6.45, 7) is 2.31. The van der Waals surface area contributed by atoms with Crippen molar-refractivity contribution in [2.75, 3.05) is 0 Å². The van der Waals surface area contributed by atoms with Crippen LogP contribution >= 0.6 is 0 Å². The van der Waals surface area contributed by atoms with Gasteiger partial charge in [-0.25, -0.2) is 0 Å². The van der Waals surface area contributed by atoms with E-state index in [0.717, 1.165) is 32.1 Å². The van der Waals surface area contributed by atoms with E-state index in [-0.39, 0.29) is 16.2 Å². The van der Waals surface area contributed by atoms with E-state index < -0.39 is 17.4 Å². The molecule has 2 atom stereocenters. The van der Waals surface area contributed by atoms with Gasteiger partial charge in [0.2, 0.25) is 0 Å². The summed E-state index contributed by atoms with van der Waals surface area (Å²) in [5.74, 6) is -0.425. The molecule has 0 bridgehead atoms. The van der Waals surface area contributed by atoms with E-state index in [2.05, 4.69) is 6.92 Å². The molecule has 3 aliphatic carbocycles. The molecule has 176 valence electrons. The molecule has 2 aromatic rings. The third kappa shape index (κ3) is 4.34. The molecule has 0 heterocycles. The Labute approximate surface area is 206 Å². The number of fused-ring (bicyclic) bond motifs is 1. The van der Waals surface area contributed by atoms with Crippen molar-refractivity contribution in [1.29, 1.82) is 0 Å². The Morgan fingerprint density at radius 3 is 1.88 bits per heavy atom. The second-order valence-corrected chi connectivity index (χ2v) is 14.7. The van der Waals surface area contributed by atoms with Crippen molar-refractivity contribution in [2.24, 2.45) is 5.92 Å². The van der Waals surface area contributed by atoms with Crippen molar-refractivity contribution in [3.63, 3.8) is 0 Å². The second kappa shape index (κ2) is 9.67. The fraction of sp³-hybridized carbons (Fsp3) is 0.379. The Hall–Kier alpha value is -2.43. The third-order valence-electron chi connectivity index (χ3n) is 7.75. The van der Waals surface area contributed by atoms with Crippen LogP contribution < -0.4 is 0 Å². The van der Waals surface area contributed by atoms with Gasteiger partial charge in [-0.05, 0) is 0 Å². The molecule has 34 heavy (non-hydrogen) atoms. The van der Waals surface area contributed by atoms with E-state index in [1.165, 1.54) is 24.0 Å². The van der Waals surface area contributed by atoms with Crippen LogP contribution in [0, 0.1) is 5.92 Å². The van der Waals surface area contributed by atoms with Crippen LogP contribution in [0.15, 0.2) is 83.0 Å². The van der Waals surface area contributed by atoms with Crippen molar-refractivity contribution in [3.8, 4) is 0 Å². The van der Waals surface area contributed by atoms with Crippen molar-refractivity contribution in [1.82, 2.24) is 0 Å². The Kier molecular flexibility index (Phi) is 6.64. The van der Waals surface area contributed by atoms with E-state index in [4.69, 9.17) is 6.64 Å². The first kappa shape index (κ1) is 23.3. The number of carbonyl (C=O) groups is 2. The van der Waals surface area contributed by atoms with Crippen LogP contribution in [0.5, 0.6) is 0 Å². The van der Waals surface area contributed by atoms with Gasteiger partial charge in [-0.2, -0.15) is 0 Å². The Morgan fingerprint density at radius 2 is 1.29 bits per heavy atom. The second-order valence-electron chi connectivity index (χ2n) is 9.84. The minimum atomic E-state index is -3.99. The molecule has 0 aromatic heterocycles. The zero-order valence-corrected chi connectivity index (χ0v) is 21.6. The molecule has 5 rings (SSSR count). The van der Waals surface area contributed by atoms with Gasteiger partial charge in [0, 0.05) is 0 Å². The summed E-state index contributed by atoms with van der Waals surface area (Å²) in [6.07, 6.45) is 7.85. The average molecular weight is 492 g/mol. The molecule has 0 aliphatic heterocycles. The molecule has 0 amide bonds. The number of rotatable bonds is 5. The van der Waals surface area contributed by atoms with E-state index in [1.807, 2.05) is 41.6 Å². The maximum absolute atomic E-state index is 13.3. The van der Waals surface area contributed by atoms with Crippen molar-refractivity contribution < 1.29 is 33.6 Å². The first-order chi connectivity index (χ1) is 16.5. The summed E-state index contributed by atoms with van der Waals surface area (Å²) in [4.78, 5) is 26.5. The molecule has 3 aliphatic rings. The van der Waals surface area contributed by atoms with Gasteiger partial charge in [-0.15, -0.1) is 0 Å². The standard InChI is InChI=1S/C14H19.2C7H6O2.CH3.Ti/c1-10-11-6-2-4-8-13(11)14-9-5-3-7-12(10)14;2*8-7(9)6-4-2-1-3-5-6;;/h6,10H,2-5,7-9H2,1H3;2*1-5H,(H,8,9);1H3;/q;;;;+2/p-2. The van der Waals surface area contributed by atoms with Crippen molar-refractivity contribution in [3.05, 3.63) is 94.1 Å². The number of carbonyl (C=O) groups excluding carboxylic acids is 2. The van der Waals surface area contributed by atoms with Crippen LogP contribution in [0.4, 0.5) is 0 Å². The topological polar surface area (TPSA) is 52.6 Å². The molecule has 0 fully saturated rings. The van der Waals surface area contributed by atoms with Gasteiger partial charge >= 0.3 is 207 Å². The van der Waals surface area contributed by atoms with Crippen LogP contribution in [0.25, 0.3) is 0 Å². The molecule has 0 N–H and O–H groups in total. The molecule has 0 spiro atoms. The van der Waals surface area contributed by atoms with Crippen LogP contribution in [0.2, 0.25) is 9.45 Å². The van der Waals surface area contributed by atoms with Crippen molar-refractivity contribution >= 4 is 11.9 Å². The molecular formula is C29H32O4Ti. The fourth-order valence-corrected chi connectivity index (χ4v) is 10.9. The van der Waals surface area contributed by atoms with E-state index in [9.17, 15) is 9.59 Å². The SMILES string of the molecule is CC1C2=C(CCCC2)C2=C1[CH]([Ti]([CH3])([O]C(=O)c1ccccc1)[O]C(=O)c1ccccc1)CCC2. The molecule has 2 unspecified atom stereocenters. The van der Waals surface area contributed by atoms with Crippen LogP contribution in [0.1, 0.15) is 72.6 Å². The summed E-state index contributed by atoms with van der Waals surface area (Å²) in [6, 6.07) is 18.1. The quantitative estimate of drug-likeness (QED) is 0.405. The number of allylic oxidation sites excluding steroid dienone is 4. The zero-order valence-electron chi connectivity index (χ0n) is 20.0. The predicted octanol–water partition coefficient (Wildman–Crippen LogP) is 7.52. The maximum atomic E-state index is 13.3. The van der Waals surface area contributed by atoms with Gasteiger partial charge in [-0.3, -0.25) is 0 Å². The summed E-state index contributed by atoms with van der Waals surface area (Å²) in [5.41, 5.74) is 7.03. The first-order valence-electron chi connectivity index (χ1n) is 12.5. The molecule has 0 radical (unpaired) electrons. The average Bonchev–Trinajstić information content (AvgIpc) is 3.17. The Bertz CT molecular complexity index is 1100. The predicted molar refractivity (Wildman–Crippen MR) is 129 cm³/mol. The van der Waals surface area contributed by atoms with Gasteiger partial charge in [0.1, 0.15) is 0 Å². The zero-order chi connectivity index (χ0) is 23.7. The fourth-order valence-electron chi connectivity index (χ4n) is 6.16. The monoisotopic (exact) mass is 492 g/mol. The molecule has 5 heteroatoms. The summed E-state index contributed by atoms with van der Waals surface area (Å²) >= 11 is -3.99. The van der Waals surface area contributed by atoms with Gasteiger partial charge in [-0.1, -0.05) is 0 Å². The van der Waals surface area contributed by atoms with Crippen molar-refractivity contribution in [2.45, 2.75) is 61.3 Å². The molecule has 2 aromatic carbocycles. The van der Waals surface area contributed by atoms with E-state index >= 15 is 0 Å². The third-order valence-corrected chi connectivity index (χ3v) is 12.5. The normalized spacial score (nSPS) is 22.2. The Balaban J connectivity index is 1.52. The number of hydrogen-bond acceptors (Lipinski definition) is 4. The van der Waals surface area contributed by atoms with Gasteiger partial charge < -0.3 is 0 Å². The summed E-state index contributed by atoms with van der Waals surface area (Å²) < 4.78 is 12.7. The minimum absolute atomic E-state index is 0.0182. The first-order valence-corrected chi connectivity index (χ1v) is 16.2. The van der Waals surface area contributed by atoms with E-state index in [1.54, 1.807) is 35.4 Å². The Morgan fingerprint density at radius 1 is 0.765 bits per heavy atom. The van der Waals surface area contributed by atoms with Crippen LogP contribution in [-0.4, -0.2) is 11.9 Å². The number of benzene rings is 2. The van der Waals surface area contributed by atoms with Gasteiger partial charge in [0.05, 0.1) is 0 Å². The molecular weight excluding hydrogens is 460 g/mol. The number of hydrogen-bond donors (Lipinski definition) is 0. The summed E-state index contributed by atoms with van der Waals surface area (Å²) in [5, 5.41) is 1.96. The molecule has 0 saturated carbocycles.